The van der Waals surface area contributed by atoms with Crippen LogP contribution < -0.4 is 15.4 Å². The SMILES string of the molecule is CN=C(NCCCOCC1CCCO1)NCCOc1ccc(F)cc1F.I. The highest BCUT2D eigenvalue weighted by molar-refractivity contribution is 14.0. The number of aliphatic imine (C=N–C) groups is 1. The Bertz CT molecular complexity index is 573. The number of hydrogen-bond donors (Lipinski definition) is 2. The zero-order chi connectivity index (χ0) is 18.6. The second-order valence-corrected chi connectivity index (χ2v) is 5.91. The Morgan fingerprint density at radius 3 is 2.78 bits per heavy atom. The van der Waals surface area contributed by atoms with Crippen LogP contribution in [0, 0.1) is 11.6 Å². The maximum absolute atomic E-state index is 13.4. The van der Waals surface area contributed by atoms with Gasteiger partial charge in [0.15, 0.2) is 17.5 Å². The molecule has 27 heavy (non-hydrogen) atoms. The molecule has 154 valence electrons. The van der Waals surface area contributed by atoms with Crippen LogP contribution in [0.15, 0.2) is 23.2 Å². The van der Waals surface area contributed by atoms with E-state index in [2.05, 4.69) is 15.6 Å². The second-order valence-electron chi connectivity index (χ2n) is 5.91. The van der Waals surface area contributed by atoms with E-state index in [1.807, 2.05) is 0 Å². The van der Waals surface area contributed by atoms with Gasteiger partial charge in [0.1, 0.15) is 12.4 Å². The van der Waals surface area contributed by atoms with Gasteiger partial charge in [0.25, 0.3) is 0 Å². The van der Waals surface area contributed by atoms with E-state index in [0.717, 1.165) is 44.5 Å². The molecule has 2 N–H and O–H groups in total. The van der Waals surface area contributed by atoms with Crippen LogP contribution in [0.3, 0.4) is 0 Å². The van der Waals surface area contributed by atoms with Crippen LogP contribution in [0.25, 0.3) is 0 Å². The second kappa shape index (κ2) is 13.9. The van der Waals surface area contributed by atoms with Gasteiger partial charge in [-0.2, -0.15) is 0 Å². The van der Waals surface area contributed by atoms with Crippen molar-refractivity contribution in [2.75, 3.05) is 46.6 Å². The van der Waals surface area contributed by atoms with Gasteiger partial charge in [0.2, 0.25) is 0 Å². The van der Waals surface area contributed by atoms with Gasteiger partial charge in [-0.15, -0.1) is 24.0 Å². The molecule has 0 aromatic heterocycles. The first-order valence-electron chi connectivity index (χ1n) is 8.90. The summed E-state index contributed by atoms with van der Waals surface area (Å²) in [5, 5.41) is 6.23. The summed E-state index contributed by atoms with van der Waals surface area (Å²) in [5.41, 5.74) is 0. The van der Waals surface area contributed by atoms with Crippen LogP contribution in [-0.4, -0.2) is 58.6 Å². The first-order valence-corrected chi connectivity index (χ1v) is 8.90. The molecule has 0 radical (unpaired) electrons. The molecular weight excluding hydrogens is 471 g/mol. The number of halogens is 3. The van der Waals surface area contributed by atoms with Crippen molar-refractivity contribution in [3.05, 3.63) is 29.8 Å². The van der Waals surface area contributed by atoms with Crippen LogP contribution in [0.5, 0.6) is 5.75 Å². The molecule has 1 saturated heterocycles. The van der Waals surface area contributed by atoms with Crippen molar-refractivity contribution in [1.82, 2.24) is 10.6 Å². The van der Waals surface area contributed by atoms with Crippen LogP contribution >= 0.6 is 24.0 Å². The summed E-state index contributed by atoms with van der Waals surface area (Å²) in [7, 11) is 1.67. The molecule has 1 aromatic rings. The summed E-state index contributed by atoms with van der Waals surface area (Å²) < 4.78 is 42.6. The van der Waals surface area contributed by atoms with E-state index in [0.29, 0.717) is 25.7 Å². The number of nitrogens with zero attached hydrogens (tertiary/aromatic N) is 1. The van der Waals surface area contributed by atoms with Gasteiger partial charge in [-0.1, -0.05) is 0 Å². The van der Waals surface area contributed by atoms with Crippen molar-refractivity contribution in [3.63, 3.8) is 0 Å². The van der Waals surface area contributed by atoms with Gasteiger partial charge in [0, 0.05) is 32.9 Å². The third-order valence-corrected chi connectivity index (χ3v) is 3.86. The Hall–Kier alpha value is -1.20. The number of rotatable bonds is 10. The fourth-order valence-electron chi connectivity index (χ4n) is 2.51. The van der Waals surface area contributed by atoms with E-state index < -0.39 is 11.6 Å². The first-order chi connectivity index (χ1) is 12.7. The monoisotopic (exact) mass is 499 g/mol. The molecule has 1 fully saturated rings. The van der Waals surface area contributed by atoms with Gasteiger partial charge in [0.05, 0.1) is 19.3 Å². The molecule has 0 amide bonds. The summed E-state index contributed by atoms with van der Waals surface area (Å²) >= 11 is 0. The van der Waals surface area contributed by atoms with E-state index in [-0.39, 0.29) is 42.4 Å². The molecule has 1 aliphatic heterocycles. The molecule has 1 heterocycles. The molecule has 2 rings (SSSR count). The van der Waals surface area contributed by atoms with Crippen molar-refractivity contribution in [2.24, 2.45) is 4.99 Å². The Labute approximate surface area is 176 Å². The summed E-state index contributed by atoms with van der Waals surface area (Å²) in [4.78, 5) is 4.10. The van der Waals surface area contributed by atoms with Gasteiger partial charge >= 0.3 is 0 Å². The lowest BCUT2D eigenvalue weighted by Crippen LogP contribution is -2.40. The molecule has 0 spiro atoms. The van der Waals surface area contributed by atoms with E-state index in [1.54, 1.807) is 7.05 Å². The third kappa shape index (κ3) is 9.52. The summed E-state index contributed by atoms with van der Waals surface area (Å²) in [6.07, 6.45) is 3.31. The van der Waals surface area contributed by atoms with Crippen LogP contribution in [0.2, 0.25) is 0 Å². The molecule has 1 aromatic carbocycles. The Kier molecular flexibility index (Phi) is 12.3. The fourth-order valence-corrected chi connectivity index (χ4v) is 2.51. The van der Waals surface area contributed by atoms with E-state index in [4.69, 9.17) is 14.2 Å². The average Bonchev–Trinajstić information content (AvgIpc) is 3.14. The molecule has 1 aliphatic rings. The standard InChI is InChI=1S/C18H27F2N3O3.HI/c1-21-18(22-7-3-9-24-13-15-4-2-10-25-15)23-8-11-26-17-6-5-14(19)12-16(17)20;/h5-6,12,15H,2-4,7-11,13H2,1H3,(H2,21,22,23);1H. The first kappa shape index (κ1) is 23.8. The van der Waals surface area contributed by atoms with E-state index in [1.165, 1.54) is 6.07 Å². The Balaban J connectivity index is 0.00000364. The number of nitrogens with one attached hydrogen (secondary N) is 2. The Morgan fingerprint density at radius 2 is 2.07 bits per heavy atom. The van der Waals surface area contributed by atoms with Gasteiger partial charge < -0.3 is 24.8 Å². The predicted octanol–water partition coefficient (Wildman–Crippen LogP) is 2.71. The van der Waals surface area contributed by atoms with Gasteiger partial charge in [-0.3, -0.25) is 4.99 Å². The molecule has 0 saturated carbocycles. The average molecular weight is 499 g/mol. The fraction of sp³-hybridized carbons (Fsp3) is 0.611. The quantitative estimate of drug-likeness (QED) is 0.225. The maximum atomic E-state index is 13.4. The predicted molar refractivity (Wildman–Crippen MR) is 111 cm³/mol. The minimum Gasteiger partial charge on any atom is -0.489 e. The zero-order valence-electron chi connectivity index (χ0n) is 15.5. The minimum absolute atomic E-state index is 0. The topological polar surface area (TPSA) is 64.1 Å². The van der Waals surface area contributed by atoms with Gasteiger partial charge in [-0.25, -0.2) is 8.78 Å². The number of guanidine groups is 1. The molecule has 1 atom stereocenters. The number of hydrogen-bond acceptors (Lipinski definition) is 4. The lowest BCUT2D eigenvalue weighted by Gasteiger charge is -2.13. The van der Waals surface area contributed by atoms with Gasteiger partial charge in [-0.05, 0) is 31.4 Å². The van der Waals surface area contributed by atoms with Crippen LogP contribution in [-0.2, 0) is 9.47 Å². The van der Waals surface area contributed by atoms with Crippen molar-refractivity contribution in [3.8, 4) is 5.75 Å². The minimum atomic E-state index is -0.712. The highest BCUT2D eigenvalue weighted by Crippen LogP contribution is 2.17. The van der Waals surface area contributed by atoms with E-state index >= 15 is 0 Å². The van der Waals surface area contributed by atoms with Crippen molar-refractivity contribution < 1.29 is 23.0 Å². The molecule has 0 aliphatic carbocycles. The van der Waals surface area contributed by atoms with Crippen molar-refractivity contribution >= 4 is 29.9 Å². The molecular formula is C18H28F2IN3O3. The highest BCUT2D eigenvalue weighted by Gasteiger charge is 2.14. The highest BCUT2D eigenvalue weighted by atomic mass is 127. The van der Waals surface area contributed by atoms with Crippen molar-refractivity contribution in [1.29, 1.82) is 0 Å². The summed E-state index contributed by atoms with van der Waals surface area (Å²) in [6, 6.07) is 3.23. The number of ether oxygens (including phenoxy) is 3. The third-order valence-electron chi connectivity index (χ3n) is 3.86. The molecule has 1 unspecified atom stereocenters. The summed E-state index contributed by atoms with van der Waals surface area (Å²) in [5.74, 6) is -0.681. The Morgan fingerprint density at radius 1 is 1.26 bits per heavy atom. The largest absolute Gasteiger partial charge is 0.489 e. The lowest BCUT2D eigenvalue weighted by molar-refractivity contribution is 0.0168. The normalized spacial score (nSPS) is 16.7. The maximum Gasteiger partial charge on any atom is 0.191 e. The van der Waals surface area contributed by atoms with E-state index in [9.17, 15) is 8.78 Å². The molecule has 0 bridgehead atoms. The van der Waals surface area contributed by atoms with Crippen LogP contribution in [0.1, 0.15) is 19.3 Å². The summed E-state index contributed by atoms with van der Waals surface area (Å²) in [6.45, 7) is 3.55. The smallest absolute Gasteiger partial charge is 0.191 e. The van der Waals surface area contributed by atoms with Crippen molar-refractivity contribution in [2.45, 2.75) is 25.4 Å². The lowest BCUT2D eigenvalue weighted by atomic mass is 10.2. The molecule has 6 nitrogen and oxygen atoms in total. The zero-order valence-corrected chi connectivity index (χ0v) is 17.8. The van der Waals surface area contributed by atoms with Crippen LogP contribution in [0.4, 0.5) is 8.78 Å². The molecule has 9 heteroatoms. The number of benzene rings is 1.